The van der Waals surface area contributed by atoms with Crippen molar-refractivity contribution in [3.8, 4) is 0 Å². The number of carbonyl (C=O) groups excluding carboxylic acids is 1. The minimum Gasteiger partial charge on any atom is -0.481 e. The van der Waals surface area contributed by atoms with E-state index in [1.165, 1.54) is 0 Å². The van der Waals surface area contributed by atoms with Gasteiger partial charge in [-0.3, -0.25) is 9.59 Å². The summed E-state index contributed by atoms with van der Waals surface area (Å²) < 4.78 is 0. The van der Waals surface area contributed by atoms with E-state index in [-0.39, 0.29) is 18.4 Å². The van der Waals surface area contributed by atoms with E-state index in [0.717, 1.165) is 25.8 Å². The smallest absolute Gasteiger partial charge is 0.308 e. The number of nitrogens with one attached hydrogen (secondary N) is 2. The molecule has 17 heavy (non-hydrogen) atoms. The second kappa shape index (κ2) is 7.27. The van der Waals surface area contributed by atoms with Gasteiger partial charge in [-0.05, 0) is 25.8 Å². The lowest BCUT2D eigenvalue weighted by Gasteiger charge is -2.22. The summed E-state index contributed by atoms with van der Waals surface area (Å²) in [5.74, 6) is -1.30. The summed E-state index contributed by atoms with van der Waals surface area (Å²) in [6.07, 6.45) is 3.33. The fourth-order valence-electron chi connectivity index (χ4n) is 2.11. The average molecular weight is 242 g/mol. The van der Waals surface area contributed by atoms with Gasteiger partial charge in [0.1, 0.15) is 0 Å². The Morgan fingerprint density at radius 3 is 2.82 bits per heavy atom. The predicted octanol–water partition coefficient (Wildman–Crippen LogP) is 0.603. The zero-order chi connectivity index (χ0) is 12.7. The van der Waals surface area contributed by atoms with Crippen LogP contribution in [0.2, 0.25) is 0 Å². The maximum absolute atomic E-state index is 11.8. The first kappa shape index (κ1) is 14.0. The molecule has 1 aliphatic heterocycles. The topological polar surface area (TPSA) is 78.4 Å². The Bertz CT molecular complexity index is 262. The summed E-state index contributed by atoms with van der Waals surface area (Å²) in [6.45, 7) is 3.87. The second-order valence-corrected chi connectivity index (χ2v) is 4.61. The summed E-state index contributed by atoms with van der Waals surface area (Å²) in [5.41, 5.74) is 0. The average Bonchev–Trinajstić information content (AvgIpc) is 2.34. The Morgan fingerprint density at radius 1 is 1.53 bits per heavy atom. The number of piperidine rings is 1. The number of rotatable bonds is 6. The van der Waals surface area contributed by atoms with Gasteiger partial charge in [-0.1, -0.05) is 13.3 Å². The van der Waals surface area contributed by atoms with Gasteiger partial charge in [-0.25, -0.2) is 0 Å². The number of aliphatic carboxylic acids is 1. The molecule has 1 amide bonds. The number of hydrogen-bond acceptors (Lipinski definition) is 3. The molecule has 5 nitrogen and oxygen atoms in total. The van der Waals surface area contributed by atoms with Crippen LogP contribution in [-0.4, -0.2) is 36.6 Å². The lowest BCUT2D eigenvalue weighted by molar-refractivity contribution is -0.142. The van der Waals surface area contributed by atoms with E-state index in [1.54, 1.807) is 0 Å². The van der Waals surface area contributed by atoms with Crippen molar-refractivity contribution in [1.82, 2.24) is 10.6 Å². The molecule has 0 aromatic rings. The summed E-state index contributed by atoms with van der Waals surface area (Å²) in [7, 11) is 0. The third kappa shape index (κ3) is 4.73. The lowest BCUT2D eigenvalue weighted by Crippen LogP contribution is -2.42. The molecule has 1 rings (SSSR count). The van der Waals surface area contributed by atoms with Crippen molar-refractivity contribution in [2.24, 2.45) is 11.8 Å². The van der Waals surface area contributed by atoms with Gasteiger partial charge in [0.05, 0.1) is 11.8 Å². The van der Waals surface area contributed by atoms with Crippen LogP contribution in [0, 0.1) is 11.8 Å². The standard InChI is InChI=1S/C12H22N2O3/c1-2-4-10(12(16)17)8-14-11(15)9-5-3-6-13-7-9/h9-10,13H,2-8H2,1H3,(H,14,15)(H,16,17). The predicted molar refractivity (Wildman–Crippen MR) is 64.6 cm³/mol. The Labute approximate surface area is 102 Å². The van der Waals surface area contributed by atoms with Gasteiger partial charge in [0.25, 0.3) is 0 Å². The highest BCUT2D eigenvalue weighted by Crippen LogP contribution is 2.11. The summed E-state index contributed by atoms with van der Waals surface area (Å²) >= 11 is 0. The van der Waals surface area contributed by atoms with Crippen LogP contribution < -0.4 is 10.6 Å². The Kier molecular flexibility index (Phi) is 5.97. The van der Waals surface area contributed by atoms with Gasteiger partial charge < -0.3 is 15.7 Å². The zero-order valence-electron chi connectivity index (χ0n) is 10.4. The van der Waals surface area contributed by atoms with Gasteiger partial charge in [0, 0.05) is 13.1 Å². The largest absolute Gasteiger partial charge is 0.481 e. The molecular weight excluding hydrogens is 220 g/mol. The molecule has 0 aliphatic carbocycles. The minimum absolute atomic E-state index is 0.000165. The highest BCUT2D eigenvalue weighted by molar-refractivity contribution is 5.80. The Morgan fingerprint density at radius 2 is 2.29 bits per heavy atom. The summed E-state index contributed by atoms with van der Waals surface area (Å²) in [6, 6.07) is 0. The van der Waals surface area contributed by atoms with Gasteiger partial charge in [-0.15, -0.1) is 0 Å². The fourth-order valence-corrected chi connectivity index (χ4v) is 2.11. The van der Waals surface area contributed by atoms with Gasteiger partial charge in [-0.2, -0.15) is 0 Å². The molecule has 0 bridgehead atoms. The van der Waals surface area contributed by atoms with Crippen LogP contribution in [0.4, 0.5) is 0 Å². The monoisotopic (exact) mass is 242 g/mol. The SMILES string of the molecule is CCCC(CNC(=O)C1CCCNC1)C(=O)O. The van der Waals surface area contributed by atoms with Crippen LogP contribution >= 0.6 is 0 Å². The molecule has 2 atom stereocenters. The molecule has 3 N–H and O–H groups in total. The highest BCUT2D eigenvalue weighted by Gasteiger charge is 2.23. The summed E-state index contributed by atoms with van der Waals surface area (Å²) in [5, 5.41) is 14.9. The van der Waals surface area contributed by atoms with E-state index < -0.39 is 11.9 Å². The first-order chi connectivity index (χ1) is 8.15. The zero-order valence-corrected chi connectivity index (χ0v) is 10.4. The molecule has 0 radical (unpaired) electrons. The third-order valence-corrected chi connectivity index (χ3v) is 3.18. The van der Waals surface area contributed by atoms with Crippen molar-refractivity contribution in [2.75, 3.05) is 19.6 Å². The number of amides is 1. The van der Waals surface area contributed by atoms with Crippen LogP contribution in [0.1, 0.15) is 32.6 Å². The molecule has 1 heterocycles. The maximum atomic E-state index is 11.8. The van der Waals surface area contributed by atoms with Crippen LogP contribution in [0.25, 0.3) is 0 Å². The van der Waals surface area contributed by atoms with Crippen LogP contribution in [0.5, 0.6) is 0 Å². The van der Waals surface area contributed by atoms with Crippen molar-refractivity contribution in [3.63, 3.8) is 0 Å². The number of carbonyl (C=O) groups is 2. The molecular formula is C12H22N2O3. The van der Waals surface area contributed by atoms with Crippen molar-refractivity contribution in [3.05, 3.63) is 0 Å². The quantitative estimate of drug-likeness (QED) is 0.637. The maximum Gasteiger partial charge on any atom is 0.308 e. The van der Waals surface area contributed by atoms with Gasteiger partial charge in [0.2, 0.25) is 5.91 Å². The molecule has 5 heteroatoms. The van der Waals surface area contributed by atoms with E-state index in [1.807, 2.05) is 6.92 Å². The van der Waals surface area contributed by atoms with E-state index in [9.17, 15) is 9.59 Å². The van der Waals surface area contributed by atoms with Crippen LogP contribution in [0.3, 0.4) is 0 Å². The molecule has 1 saturated heterocycles. The van der Waals surface area contributed by atoms with E-state index in [2.05, 4.69) is 10.6 Å². The Hall–Kier alpha value is -1.10. The van der Waals surface area contributed by atoms with E-state index in [4.69, 9.17) is 5.11 Å². The molecule has 1 aliphatic rings. The highest BCUT2D eigenvalue weighted by atomic mass is 16.4. The molecule has 0 aromatic heterocycles. The molecule has 2 unspecified atom stereocenters. The van der Waals surface area contributed by atoms with Crippen molar-refractivity contribution in [2.45, 2.75) is 32.6 Å². The van der Waals surface area contributed by atoms with Crippen molar-refractivity contribution in [1.29, 1.82) is 0 Å². The third-order valence-electron chi connectivity index (χ3n) is 3.18. The fraction of sp³-hybridized carbons (Fsp3) is 0.833. The number of hydrogen-bond donors (Lipinski definition) is 3. The van der Waals surface area contributed by atoms with E-state index >= 15 is 0 Å². The second-order valence-electron chi connectivity index (χ2n) is 4.61. The normalized spacial score (nSPS) is 21.8. The van der Waals surface area contributed by atoms with Crippen molar-refractivity contribution >= 4 is 11.9 Å². The molecule has 0 aromatic carbocycles. The van der Waals surface area contributed by atoms with Crippen molar-refractivity contribution < 1.29 is 14.7 Å². The van der Waals surface area contributed by atoms with E-state index in [0.29, 0.717) is 13.0 Å². The van der Waals surface area contributed by atoms with Gasteiger partial charge in [0.15, 0.2) is 0 Å². The molecule has 0 saturated carbocycles. The Balaban J connectivity index is 2.32. The summed E-state index contributed by atoms with van der Waals surface area (Å²) in [4.78, 5) is 22.7. The molecule has 0 spiro atoms. The van der Waals surface area contributed by atoms with Gasteiger partial charge >= 0.3 is 5.97 Å². The lowest BCUT2D eigenvalue weighted by atomic mass is 9.98. The van der Waals surface area contributed by atoms with Crippen LogP contribution in [-0.2, 0) is 9.59 Å². The molecule has 1 fully saturated rings. The van der Waals surface area contributed by atoms with Crippen LogP contribution in [0.15, 0.2) is 0 Å². The minimum atomic E-state index is -0.825. The first-order valence-corrected chi connectivity index (χ1v) is 6.36. The molecule has 98 valence electrons. The number of carboxylic acid groups (broad SMARTS) is 1. The number of carboxylic acids is 1. The first-order valence-electron chi connectivity index (χ1n) is 6.36.